The Balaban J connectivity index is 1.46. The van der Waals surface area contributed by atoms with Crippen molar-refractivity contribution in [2.75, 3.05) is 38.1 Å². The highest BCUT2D eigenvalue weighted by Gasteiger charge is 2.32. The first-order valence-corrected chi connectivity index (χ1v) is 14.7. The highest BCUT2D eigenvalue weighted by atomic mass is 35.5. The standard InChI is InChI=1S/C32H38Cl2N4O2/c1-3-23(24-10-6-4-7-11-24)22-38-19-16-26(21-35-31(39)25-14-15-28(33)29(34)20-25)36-30(32(38)40)17-18-37(2)27-12-8-5-9-13-27/h4-15,20,23,26,30,36H,3,16-19,21-22H2,1-2H3,(H,35,39)/t23-,26-,30-/m1/s1. The molecule has 2 amide bonds. The minimum atomic E-state index is -0.353. The number of carbonyl (C=O) groups excluding carboxylic acids is 2. The van der Waals surface area contributed by atoms with Crippen LogP contribution in [-0.2, 0) is 4.79 Å². The summed E-state index contributed by atoms with van der Waals surface area (Å²) in [6, 6.07) is 25.0. The Morgan fingerprint density at radius 2 is 1.75 bits per heavy atom. The van der Waals surface area contributed by atoms with E-state index >= 15 is 0 Å². The molecule has 6 nitrogen and oxygen atoms in total. The fourth-order valence-corrected chi connectivity index (χ4v) is 5.48. The van der Waals surface area contributed by atoms with Gasteiger partial charge >= 0.3 is 0 Å². The predicted molar refractivity (Wildman–Crippen MR) is 165 cm³/mol. The van der Waals surface area contributed by atoms with E-state index in [2.05, 4.69) is 58.9 Å². The quantitative estimate of drug-likeness (QED) is 0.292. The number of hydrogen-bond donors (Lipinski definition) is 2. The zero-order valence-electron chi connectivity index (χ0n) is 23.2. The van der Waals surface area contributed by atoms with Crippen molar-refractivity contribution in [2.24, 2.45) is 0 Å². The molecule has 1 aliphatic heterocycles. The molecule has 2 N–H and O–H groups in total. The topological polar surface area (TPSA) is 64.7 Å². The number of hydrogen-bond acceptors (Lipinski definition) is 4. The third-order valence-electron chi connectivity index (χ3n) is 7.64. The summed E-state index contributed by atoms with van der Waals surface area (Å²) < 4.78 is 0. The van der Waals surface area contributed by atoms with Crippen molar-refractivity contribution in [1.29, 1.82) is 0 Å². The van der Waals surface area contributed by atoms with Gasteiger partial charge in [-0.05, 0) is 55.2 Å². The number of benzene rings is 3. The Hall–Kier alpha value is -3.06. The van der Waals surface area contributed by atoms with Gasteiger partial charge in [0.1, 0.15) is 0 Å². The number of carbonyl (C=O) groups is 2. The fourth-order valence-electron chi connectivity index (χ4n) is 5.18. The molecule has 3 aromatic carbocycles. The number of para-hydroxylation sites is 1. The zero-order chi connectivity index (χ0) is 28.5. The predicted octanol–water partition coefficient (Wildman–Crippen LogP) is 6.00. The first-order chi connectivity index (χ1) is 19.4. The van der Waals surface area contributed by atoms with Crippen LogP contribution >= 0.6 is 23.2 Å². The van der Waals surface area contributed by atoms with Crippen LogP contribution in [0.5, 0.6) is 0 Å². The van der Waals surface area contributed by atoms with Crippen LogP contribution in [0.25, 0.3) is 0 Å². The van der Waals surface area contributed by atoms with Gasteiger partial charge in [0.15, 0.2) is 0 Å². The van der Waals surface area contributed by atoms with Gasteiger partial charge in [0.2, 0.25) is 5.91 Å². The Morgan fingerprint density at radius 1 is 1.05 bits per heavy atom. The molecule has 8 heteroatoms. The van der Waals surface area contributed by atoms with Gasteiger partial charge in [-0.25, -0.2) is 0 Å². The van der Waals surface area contributed by atoms with Gasteiger partial charge in [0.25, 0.3) is 5.91 Å². The lowest BCUT2D eigenvalue weighted by Gasteiger charge is -2.29. The maximum atomic E-state index is 13.9. The van der Waals surface area contributed by atoms with Crippen molar-refractivity contribution in [1.82, 2.24) is 15.5 Å². The Bertz CT molecular complexity index is 1260. The summed E-state index contributed by atoms with van der Waals surface area (Å²) in [6.45, 7) is 4.61. The molecule has 3 atom stereocenters. The molecule has 0 aliphatic carbocycles. The van der Waals surface area contributed by atoms with Crippen molar-refractivity contribution in [3.63, 3.8) is 0 Å². The fraction of sp³-hybridized carbons (Fsp3) is 0.375. The average Bonchev–Trinajstić information content (AvgIpc) is 3.13. The number of amides is 2. The highest BCUT2D eigenvalue weighted by Crippen LogP contribution is 2.24. The van der Waals surface area contributed by atoms with E-state index < -0.39 is 0 Å². The van der Waals surface area contributed by atoms with Gasteiger partial charge in [0.05, 0.1) is 16.1 Å². The van der Waals surface area contributed by atoms with Gasteiger partial charge in [-0.3, -0.25) is 9.59 Å². The van der Waals surface area contributed by atoms with Crippen LogP contribution < -0.4 is 15.5 Å². The molecule has 1 fully saturated rings. The second-order valence-electron chi connectivity index (χ2n) is 10.4. The second-order valence-corrected chi connectivity index (χ2v) is 11.2. The van der Waals surface area contributed by atoms with Crippen LogP contribution in [0.3, 0.4) is 0 Å². The molecule has 0 radical (unpaired) electrons. The van der Waals surface area contributed by atoms with Gasteiger partial charge < -0.3 is 20.4 Å². The lowest BCUT2D eigenvalue weighted by molar-refractivity contribution is -0.133. The minimum absolute atomic E-state index is 0.0514. The number of rotatable bonds is 11. The van der Waals surface area contributed by atoms with E-state index in [0.717, 1.165) is 25.1 Å². The molecule has 1 saturated heterocycles. The summed E-state index contributed by atoms with van der Waals surface area (Å²) in [5, 5.41) is 7.35. The van der Waals surface area contributed by atoms with Crippen molar-refractivity contribution < 1.29 is 9.59 Å². The van der Waals surface area contributed by atoms with Gasteiger partial charge in [-0.15, -0.1) is 0 Å². The van der Waals surface area contributed by atoms with E-state index in [1.165, 1.54) is 5.56 Å². The number of nitrogens with zero attached hydrogens (tertiary/aromatic N) is 2. The number of halogens is 2. The van der Waals surface area contributed by atoms with Gasteiger partial charge in [-0.1, -0.05) is 78.7 Å². The molecule has 0 aromatic heterocycles. The normalized spacial score (nSPS) is 18.2. The van der Waals surface area contributed by atoms with Gasteiger partial charge in [0, 0.05) is 56.4 Å². The summed E-state index contributed by atoms with van der Waals surface area (Å²) in [6.07, 6.45) is 2.34. The molecule has 0 bridgehead atoms. The molecule has 212 valence electrons. The summed E-state index contributed by atoms with van der Waals surface area (Å²) in [7, 11) is 2.05. The maximum absolute atomic E-state index is 13.9. The van der Waals surface area contributed by atoms with E-state index in [0.29, 0.717) is 41.7 Å². The summed E-state index contributed by atoms with van der Waals surface area (Å²) in [5.41, 5.74) is 2.82. The van der Waals surface area contributed by atoms with Crippen molar-refractivity contribution >= 4 is 40.7 Å². The molecule has 4 rings (SSSR count). The van der Waals surface area contributed by atoms with E-state index in [1.54, 1.807) is 18.2 Å². The first-order valence-electron chi connectivity index (χ1n) is 13.9. The summed E-state index contributed by atoms with van der Waals surface area (Å²) >= 11 is 12.1. The molecule has 1 heterocycles. The highest BCUT2D eigenvalue weighted by molar-refractivity contribution is 6.42. The van der Waals surface area contributed by atoms with Gasteiger partial charge in [-0.2, -0.15) is 0 Å². The molecule has 40 heavy (non-hydrogen) atoms. The average molecular weight is 582 g/mol. The molecule has 3 aromatic rings. The van der Waals surface area contributed by atoms with Crippen LogP contribution in [0.15, 0.2) is 78.9 Å². The monoisotopic (exact) mass is 580 g/mol. The molecular formula is C32H38Cl2N4O2. The number of nitrogens with one attached hydrogen (secondary N) is 2. The third kappa shape index (κ3) is 8.00. The minimum Gasteiger partial charge on any atom is -0.375 e. The Labute approximate surface area is 247 Å². The van der Waals surface area contributed by atoms with Crippen molar-refractivity contribution in [3.8, 4) is 0 Å². The SMILES string of the molecule is CC[C@H](CN1CC[C@H](CNC(=O)c2ccc(Cl)c(Cl)c2)N[C@H](CCN(C)c2ccccc2)C1=O)c1ccccc1. The largest absolute Gasteiger partial charge is 0.375 e. The lowest BCUT2D eigenvalue weighted by Crippen LogP contribution is -2.50. The summed E-state index contributed by atoms with van der Waals surface area (Å²) in [5.74, 6) is 0.168. The van der Waals surface area contributed by atoms with Crippen LogP contribution in [0.2, 0.25) is 10.0 Å². The zero-order valence-corrected chi connectivity index (χ0v) is 24.7. The van der Waals surface area contributed by atoms with Crippen molar-refractivity contribution in [3.05, 3.63) is 100 Å². The smallest absolute Gasteiger partial charge is 0.251 e. The molecule has 0 spiro atoms. The number of anilines is 1. The Kier molecular flexibility index (Phi) is 10.9. The van der Waals surface area contributed by atoms with Crippen LogP contribution in [0.4, 0.5) is 5.69 Å². The van der Waals surface area contributed by atoms with E-state index in [1.807, 2.05) is 36.2 Å². The van der Waals surface area contributed by atoms with E-state index in [-0.39, 0.29) is 29.8 Å². The first kappa shape index (κ1) is 29.9. The molecule has 1 aliphatic rings. The van der Waals surface area contributed by atoms with Crippen LogP contribution in [0.1, 0.15) is 48.0 Å². The Morgan fingerprint density at radius 3 is 2.42 bits per heavy atom. The third-order valence-corrected chi connectivity index (χ3v) is 8.38. The van der Waals surface area contributed by atoms with E-state index in [4.69, 9.17) is 23.2 Å². The maximum Gasteiger partial charge on any atom is 0.251 e. The lowest BCUT2D eigenvalue weighted by atomic mass is 9.95. The van der Waals surface area contributed by atoms with Crippen LogP contribution in [0, 0.1) is 0 Å². The molecule has 0 unspecified atom stereocenters. The second kappa shape index (κ2) is 14.5. The molecular weight excluding hydrogens is 543 g/mol. The van der Waals surface area contributed by atoms with Crippen molar-refractivity contribution in [2.45, 2.75) is 44.2 Å². The van der Waals surface area contributed by atoms with Crippen LogP contribution in [-0.4, -0.2) is 62.0 Å². The summed E-state index contributed by atoms with van der Waals surface area (Å²) in [4.78, 5) is 30.9. The van der Waals surface area contributed by atoms with E-state index in [9.17, 15) is 9.59 Å². The molecule has 0 saturated carbocycles.